The molecule has 3 aliphatic rings. The molecule has 36 heavy (non-hydrogen) atoms. The van der Waals surface area contributed by atoms with Crippen LogP contribution >= 0.6 is 0 Å². The summed E-state index contributed by atoms with van der Waals surface area (Å²) in [4.78, 5) is 54.7. The minimum Gasteiger partial charge on any atom is -0.396 e. The molecule has 4 amide bonds. The highest BCUT2D eigenvalue weighted by Crippen LogP contribution is 2.42. The molecule has 1 saturated heterocycles. The van der Waals surface area contributed by atoms with Gasteiger partial charge < -0.3 is 26.6 Å². The van der Waals surface area contributed by atoms with E-state index >= 15 is 0 Å². The average molecular weight is 504 g/mol. The predicted molar refractivity (Wildman–Crippen MR) is 139 cm³/mol. The monoisotopic (exact) mass is 503 g/mol. The second-order valence-electron chi connectivity index (χ2n) is 13.2. The zero-order valence-electron chi connectivity index (χ0n) is 23.2. The van der Waals surface area contributed by atoms with Gasteiger partial charge >= 0.3 is 6.03 Å². The third-order valence-corrected chi connectivity index (χ3v) is 7.75. The number of Topliss-reactive ketones (excluding diaryl/α,β-unsaturated/α-hetero) is 1. The van der Waals surface area contributed by atoms with Crippen molar-refractivity contribution in [3.8, 4) is 0 Å². The molecule has 9 heteroatoms. The number of nitrogens with one attached hydrogen (secondary N) is 3. The predicted octanol–water partition coefficient (Wildman–Crippen LogP) is 2.45. The molecule has 5 atom stereocenters. The van der Waals surface area contributed by atoms with Crippen LogP contribution in [0.4, 0.5) is 4.79 Å². The number of nitrogens with two attached hydrogens (primary N) is 1. The summed E-state index contributed by atoms with van der Waals surface area (Å²) in [7, 11) is 0. The number of allylic oxidation sites excluding steroid dienone is 1. The summed E-state index contributed by atoms with van der Waals surface area (Å²) in [6, 6.07) is -2.63. The van der Waals surface area contributed by atoms with Gasteiger partial charge in [0.15, 0.2) is 0 Å². The van der Waals surface area contributed by atoms with E-state index in [4.69, 9.17) is 5.73 Å². The average Bonchev–Trinajstić information content (AvgIpc) is 3.15. The lowest BCUT2D eigenvalue weighted by Gasteiger charge is -2.40. The summed E-state index contributed by atoms with van der Waals surface area (Å²) in [6.07, 6.45) is 3.08. The van der Waals surface area contributed by atoms with Crippen LogP contribution in [-0.2, 0) is 14.4 Å². The molecule has 2 aliphatic carbocycles. The van der Waals surface area contributed by atoms with Crippen molar-refractivity contribution < 1.29 is 19.2 Å². The molecule has 2 fully saturated rings. The molecular weight excluding hydrogens is 458 g/mol. The van der Waals surface area contributed by atoms with Crippen molar-refractivity contribution in [3.05, 3.63) is 11.3 Å². The lowest BCUT2D eigenvalue weighted by molar-refractivity contribution is -0.143. The van der Waals surface area contributed by atoms with Crippen LogP contribution in [0, 0.1) is 23.2 Å². The number of rotatable bonds is 5. The summed E-state index contributed by atoms with van der Waals surface area (Å²) in [5, 5.41) is 8.66. The SMILES string of the molecule is CC(C)C1CCN(C(=O)[C@@H](NC(=O)NC(C)(C)C)C(C)(C)C)[C@@H]1C(=O)N[C@@H]1CC2CCC2=C(N)C1=O. The van der Waals surface area contributed by atoms with Gasteiger partial charge in [-0.05, 0) is 75.2 Å². The normalized spacial score (nSPS) is 27.4. The number of hydrogen-bond donors (Lipinski definition) is 4. The summed E-state index contributed by atoms with van der Waals surface area (Å²) in [6.45, 7) is 15.8. The Labute approximate surface area is 215 Å². The molecule has 3 rings (SSSR count). The first kappa shape index (κ1) is 28.0. The molecule has 2 unspecified atom stereocenters. The highest BCUT2D eigenvalue weighted by atomic mass is 16.2. The standard InChI is InChI=1S/C27H45N5O4/c1-14(2)16-11-12-32(24(35)22(26(3,4)5)30-25(36)31-27(6,7)8)20(16)23(34)29-18-13-15-9-10-17(15)19(28)21(18)33/h14-16,18,20,22H,9-13,28H2,1-8H3,(H,29,34)(H2,30,31,36)/t15?,16?,18-,20+,22-/m1/s1. The van der Waals surface area contributed by atoms with Gasteiger partial charge in [0, 0.05) is 12.1 Å². The lowest BCUT2D eigenvalue weighted by atomic mass is 9.69. The van der Waals surface area contributed by atoms with Gasteiger partial charge in [-0.15, -0.1) is 0 Å². The second-order valence-corrected chi connectivity index (χ2v) is 13.2. The fourth-order valence-corrected chi connectivity index (χ4v) is 5.65. The molecule has 1 aliphatic heterocycles. The molecule has 1 heterocycles. The number of ketones is 1. The Morgan fingerprint density at radius 2 is 1.69 bits per heavy atom. The van der Waals surface area contributed by atoms with Gasteiger partial charge in [0.05, 0.1) is 11.7 Å². The number of hydrogen-bond acceptors (Lipinski definition) is 5. The number of urea groups is 1. The van der Waals surface area contributed by atoms with E-state index in [0.717, 1.165) is 18.4 Å². The van der Waals surface area contributed by atoms with Crippen LogP contribution in [0.25, 0.3) is 0 Å². The topological polar surface area (TPSA) is 134 Å². The van der Waals surface area contributed by atoms with E-state index in [0.29, 0.717) is 25.1 Å². The molecule has 0 spiro atoms. The van der Waals surface area contributed by atoms with Crippen molar-refractivity contribution in [3.63, 3.8) is 0 Å². The van der Waals surface area contributed by atoms with Gasteiger partial charge in [0.2, 0.25) is 17.6 Å². The molecule has 0 aromatic heterocycles. The Kier molecular flexibility index (Phi) is 7.82. The van der Waals surface area contributed by atoms with Gasteiger partial charge in [0.25, 0.3) is 0 Å². The van der Waals surface area contributed by atoms with Gasteiger partial charge in [-0.25, -0.2) is 4.79 Å². The first-order valence-corrected chi connectivity index (χ1v) is 13.2. The summed E-state index contributed by atoms with van der Waals surface area (Å²) < 4.78 is 0. The number of likely N-dealkylation sites (tertiary alicyclic amines) is 1. The first-order valence-electron chi connectivity index (χ1n) is 13.2. The van der Waals surface area contributed by atoms with Crippen molar-refractivity contribution in [2.45, 2.75) is 105 Å². The fraction of sp³-hybridized carbons (Fsp3) is 0.778. The Balaban J connectivity index is 1.82. The fourth-order valence-electron chi connectivity index (χ4n) is 5.65. The zero-order chi connectivity index (χ0) is 27.2. The molecule has 0 radical (unpaired) electrons. The molecule has 0 aromatic rings. The van der Waals surface area contributed by atoms with Gasteiger partial charge in [0.1, 0.15) is 12.1 Å². The van der Waals surface area contributed by atoms with Gasteiger partial charge in [-0.2, -0.15) is 0 Å². The van der Waals surface area contributed by atoms with E-state index in [1.54, 1.807) is 4.90 Å². The van der Waals surface area contributed by atoms with Crippen LogP contribution < -0.4 is 21.7 Å². The minimum atomic E-state index is -0.825. The van der Waals surface area contributed by atoms with E-state index < -0.39 is 35.1 Å². The lowest BCUT2D eigenvalue weighted by Crippen LogP contribution is -2.62. The smallest absolute Gasteiger partial charge is 0.315 e. The maximum absolute atomic E-state index is 13.9. The molecule has 0 bridgehead atoms. The Morgan fingerprint density at radius 1 is 1.06 bits per heavy atom. The van der Waals surface area contributed by atoms with Crippen molar-refractivity contribution >= 4 is 23.6 Å². The largest absolute Gasteiger partial charge is 0.396 e. The first-order chi connectivity index (χ1) is 16.5. The van der Waals surface area contributed by atoms with Crippen LogP contribution in [0.3, 0.4) is 0 Å². The highest BCUT2D eigenvalue weighted by Gasteiger charge is 2.48. The quantitative estimate of drug-likeness (QED) is 0.457. The summed E-state index contributed by atoms with van der Waals surface area (Å²) in [5.74, 6) is -0.464. The Bertz CT molecular complexity index is 943. The highest BCUT2D eigenvalue weighted by molar-refractivity contribution is 6.03. The Morgan fingerprint density at radius 3 is 2.19 bits per heavy atom. The number of fused-ring (bicyclic) bond motifs is 1. The van der Waals surface area contributed by atoms with Crippen LogP contribution in [0.15, 0.2) is 11.3 Å². The Hall–Kier alpha value is -2.58. The van der Waals surface area contributed by atoms with Crippen molar-refractivity contribution in [2.75, 3.05) is 6.54 Å². The number of nitrogens with zero attached hydrogens (tertiary/aromatic N) is 1. The van der Waals surface area contributed by atoms with Gasteiger partial charge in [-0.1, -0.05) is 34.6 Å². The molecule has 0 aromatic carbocycles. The van der Waals surface area contributed by atoms with Crippen LogP contribution in [-0.4, -0.2) is 58.7 Å². The van der Waals surface area contributed by atoms with Crippen molar-refractivity contribution in [1.29, 1.82) is 0 Å². The van der Waals surface area contributed by atoms with E-state index in [1.807, 2.05) is 55.4 Å². The van der Waals surface area contributed by atoms with Crippen LogP contribution in [0.1, 0.15) is 81.1 Å². The van der Waals surface area contributed by atoms with Crippen LogP contribution in [0.5, 0.6) is 0 Å². The number of amides is 4. The van der Waals surface area contributed by atoms with E-state index in [2.05, 4.69) is 16.0 Å². The summed E-state index contributed by atoms with van der Waals surface area (Å²) >= 11 is 0. The summed E-state index contributed by atoms with van der Waals surface area (Å²) in [5.41, 5.74) is 6.36. The molecule has 1 saturated carbocycles. The molecule has 202 valence electrons. The molecular formula is C27H45N5O4. The number of carbonyl (C=O) groups excluding carboxylic acids is 4. The zero-order valence-corrected chi connectivity index (χ0v) is 23.2. The van der Waals surface area contributed by atoms with Crippen molar-refractivity contribution in [1.82, 2.24) is 20.9 Å². The van der Waals surface area contributed by atoms with E-state index in [1.165, 1.54) is 0 Å². The maximum atomic E-state index is 13.9. The molecule has 9 nitrogen and oxygen atoms in total. The maximum Gasteiger partial charge on any atom is 0.315 e. The van der Waals surface area contributed by atoms with Crippen molar-refractivity contribution in [2.24, 2.45) is 28.9 Å². The minimum absolute atomic E-state index is 0.0520. The third kappa shape index (κ3) is 5.86. The molecule has 5 N–H and O–H groups in total. The van der Waals surface area contributed by atoms with E-state index in [-0.39, 0.29) is 35.4 Å². The second kappa shape index (κ2) is 10.1. The van der Waals surface area contributed by atoms with Gasteiger partial charge in [-0.3, -0.25) is 14.4 Å². The number of carbonyl (C=O) groups is 4. The third-order valence-electron chi connectivity index (χ3n) is 7.75. The van der Waals surface area contributed by atoms with E-state index in [9.17, 15) is 19.2 Å². The van der Waals surface area contributed by atoms with Crippen LogP contribution in [0.2, 0.25) is 0 Å².